The van der Waals surface area contributed by atoms with Crippen LogP contribution >= 0.6 is 11.8 Å². The highest BCUT2D eigenvalue weighted by Crippen LogP contribution is 2.47. The first-order chi connectivity index (χ1) is 11.8. The summed E-state index contributed by atoms with van der Waals surface area (Å²) < 4.78 is 5.19. The highest BCUT2D eigenvalue weighted by Gasteiger charge is 2.53. The van der Waals surface area contributed by atoms with Crippen molar-refractivity contribution in [3.8, 4) is 0 Å². The Morgan fingerprint density at radius 3 is 2.64 bits per heavy atom. The number of nitrogens with zero attached hydrogens (tertiary/aromatic N) is 2. The van der Waals surface area contributed by atoms with Crippen LogP contribution in [0.25, 0.3) is 0 Å². The molecule has 3 amide bonds. The topological polar surface area (TPSA) is 110 Å². The van der Waals surface area contributed by atoms with Gasteiger partial charge in [-0.15, -0.1) is 11.8 Å². The maximum absolute atomic E-state index is 12.3. The number of thioether (sulfide) groups is 1. The molecule has 0 unspecified atom stereocenters. The van der Waals surface area contributed by atoms with Crippen LogP contribution < -0.4 is 5.73 Å². The van der Waals surface area contributed by atoms with Crippen molar-refractivity contribution in [1.82, 2.24) is 9.80 Å². The number of piperidine rings is 1. The van der Waals surface area contributed by atoms with E-state index in [1.165, 1.54) is 0 Å². The summed E-state index contributed by atoms with van der Waals surface area (Å²) in [6.45, 7) is 2.50. The number of amides is 3. The van der Waals surface area contributed by atoms with E-state index >= 15 is 0 Å². The molecule has 0 aromatic carbocycles. The second kappa shape index (κ2) is 6.86. The number of nitrogens with two attached hydrogens (primary N) is 1. The van der Waals surface area contributed by atoms with Crippen molar-refractivity contribution in [2.24, 2.45) is 11.7 Å². The lowest BCUT2D eigenvalue weighted by atomic mass is 9.96. The summed E-state index contributed by atoms with van der Waals surface area (Å²) in [6.07, 6.45) is 2.25. The molecule has 2 atom stereocenters. The van der Waals surface area contributed by atoms with Crippen LogP contribution in [0.5, 0.6) is 0 Å². The van der Waals surface area contributed by atoms with Crippen molar-refractivity contribution >= 4 is 35.5 Å². The third-order valence-corrected chi connectivity index (χ3v) is 6.81. The molecule has 0 aliphatic carbocycles. The molecule has 0 aromatic heterocycles. The Bertz CT molecular complexity index is 605. The fourth-order valence-electron chi connectivity index (χ4n) is 3.73. The molecule has 3 saturated heterocycles. The van der Waals surface area contributed by atoms with E-state index in [2.05, 4.69) is 0 Å². The van der Waals surface area contributed by atoms with E-state index in [0.717, 1.165) is 6.42 Å². The molecule has 0 spiro atoms. The van der Waals surface area contributed by atoms with Crippen molar-refractivity contribution in [1.29, 1.82) is 0 Å². The number of hydrogen-bond acceptors (Lipinski definition) is 6. The van der Waals surface area contributed by atoms with Gasteiger partial charge < -0.3 is 20.3 Å². The van der Waals surface area contributed by atoms with Gasteiger partial charge >= 0.3 is 5.97 Å². The Balaban J connectivity index is 1.49. The number of primary amides is 1. The molecular formula is C16H23N3O5S. The Labute approximate surface area is 150 Å². The van der Waals surface area contributed by atoms with E-state index in [0.29, 0.717) is 38.1 Å². The summed E-state index contributed by atoms with van der Waals surface area (Å²) in [4.78, 5) is 50.6. The first kappa shape index (κ1) is 18.0. The first-order valence-corrected chi connectivity index (χ1v) is 9.50. The molecule has 3 rings (SSSR count). The van der Waals surface area contributed by atoms with Gasteiger partial charge in [-0.3, -0.25) is 14.4 Å². The molecule has 3 fully saturated rings. The summed E-state index contributed by atoms with van der Waals surface area (Å²) in [6, 6.07) is -0.613. The van der Waals surface area contributed by atoms with Crippen LogP contribution in [0.1, 0.15) is 32.6 Å². The van der Waals surface area contributed by atoms with Gasteiger partial charge in [0.1, 0.15) is 6.04 Å². The highest BCUT2D eigenvalue weighted by atomic mass is 32.2. The van der Waals surface area contributed by atoms with Crippen LogP contribution in [0, 0.1) is 5.92 Å². The largest absolute Gasteiger partial charge is 0.454 e. The van der Waals surface area contributed by atoms with E-state index in [-0.39, 0.29) is 35.1 Å². The van der Waals surface area contributed by atoms with E-state index in [9.17, 15) is 19.2 Å². The van der Waals surface area contributed by atoms with Crippen LogP contribution in [0.15, 0.2) is 0 Å². The lowest BCUT2D eigenvalue weighted by Gasteiger charge is -2.31. The minimum absolute atomic E-state index is 0.0331. The molecule has 0 bridgehead atoms. The summed E-state index contributed by atoms with van der Waals surface area (Å²) >= 11 is 1.59. The zero-order chi connectivity index (χ0) is 18.2. The molecule has 25 heavy (non-hydrogen) atoms. The Kier molecular flexibility index (Phi) is 4.95. The number of hydrogen-bond donors (Lipinski definition) is 1. The average molecular weight is 369 g/mol. The molecule has 3 aliphatic heterocycles. The van der Waals surface area contributed by atoms with E-state index < -0.39 is 12.0 Å². The molecule has 8 nitrogen and oxygen atoms in total. The third kappa shape index (κ3) is 3.47. The van der Waals surface area contributed by atoms with Crippen molar-refractivity contribution < 1.29 is 23.9 Å². The SMILES string of the molecule is C[C@]12CCC(=O)N1[C@@H](C(=O)OCC(=O)N1CCC(C(N)=O)CC1)CS2. The third-order valence-electron chi connectivity index (χ3n) is 5.30. The normalized spacial score (nSPS) is 29.6. The zero-order valence-corrected chi connectivity index (χ0v) is 15.0. The number of esters is 1. The molecular weight excluding hydrogens is 346 g/mol. The number of likely N-dealkylation sites (tertiary alicyclic amines) is 1. The molecule has 2 N–H and O–H groups in total. The molecule has 9 heteroatoms. The van der Waals surface area contributed by atoms with E-state index in [1.54, 1.807) is 21.6 Å². The minimum Gasteiger partial charge on any atom is -0.454 e. The summed E-state index contributed by atoms with van der Waals surface area (Å²) in [5, 5.41) is 0. The minimum atomic E-state index is -0.613. The number of carbonyl (C=O) groups is 4. The second-order valence-corrected chi connectivity index (χ2v) is 8.43. The fraction of sp³-hybridized carbons (Fsp3) is 0.750. The van der Waals surface area contributed by atoms with Crippen molar-refractivity contribution in [3.63, 3.8) is 0 Å². The summed E-state index contributed by atoms with van der Waals surface area (Å²) in [7, 11) is 0. The van der Waals surface area contributed by atoms with Crippen LogP contribution in [-0.2, 0) is 23.9 Å². The van der Waals surface area contributed by atoms with Crippen molar-refractivity contribution in [3.05, 3.63) is 0 Å². The monoisotopic (exact) mass is 369 g/mol. The Morgan fingerprint density at radius 2 is 2.00 bits per heavy atom. The molecule has 0 saturated carbocycles. The van der Waals surface area contributed by atoms with Crippen molar-refractivity contribution in [2.75, 3.05) is 25.4 Å². The van der Waals surface area contributed by atoms with Crippen LogP contribution in [0.3, 0.4) is 0 Å². The summed E-state index contributed by atoms with van der Waals surface area (Å²) in [5.74, 6) is -0.866. The van der Waals surface area contributed by atoms with Gasteiger partial charge in [-0.2, -0.15) is 0 Å². The highest BCUT2D eigenvalue weighted by molar-refractivity contribution is 8.01. The van der Waals surface area contributed by atoms with Crippen LogP contribution in [0.2, 0.25) is 0 Å². The van der Waals surface area contributed by atoms with Crippen LogP contribution in [0.4, 0.5) is 0 Å². The number of rotatable bonds is 4. The van der Waals surface area contributed by atoms with Gasteiger partial charge in [0.25, 0.3) is 5.91 Å². The van der Waals surface area contributed by atoms with Gasteiger partial charge in [-0.1, -0.05) is 0 Å². The van der Waals surface area contributed by atoms with E-state index in [1.807, 2.05) is 6.92 Å². The number of ether oxygens (including phenoxy) is 1. The predicted molar refractivity (Wildman–Crippen MR) is 90.2 cm³/mol. The molecule has 3 aliphatic rings. The van der Waals surface area contributed by atoms with Gasteiger partial charge in [0, 0.05) is 31.2 Å². The predicted octanol–water partition coefficient (Wildman–Crippen LogP) is -0.292. The Morgan fingerprint density at radius 1 is 1.32 bits per heavy atom. The number of fused-ring (bicyclic) bond motifs is 1. The maximum Gasteiger partial charge on any atom is 0.330 e. The molecule has 138 valence electrons. The molecule has 3 heterocycles. The van der Waals surface area contributed by atoms with Gasteiger partial charge in [-0.05, 0) is 26.2 Å². The average Bonchev–Trinajstić information content (AvgIpc) is 3.09. The smallest absolute Gasteiger partial charge is 0.330 e. The molecule has 0 radical (unpaired) electrons. The lowest BCUT2D eigenvalue weighted by molar-refractivity contribution is -0.158. The maximum atomic E-state index is 12.3. The fourth-order valence-corrected chi connectivity index (χ4v) is 5.15. The zero-order valence-electron chi connectivity index (χ0n) is 14.2. The van der Waals surface area contributed by atoms with Gasteiger partial charge in [0.15, 0.2) is 6.61 Å². The van der Waals surface area contributed by atoms with Gasteiger partial charge in [0.2, 0.25) is 11.8 Å². The second-order valence-electron chi connectivity index (χ2n) is 6.93. The van der Waals surface area contributed by atoms with Crippen molar-refractivity contribution in [2.45, 2.75) is 43.5 Å². The van der Waals surface area contributed by atoms with Gasteiger partial charge in [-0.25, -0.2) is 4.79 Å². The standard InChI is InChI=1S/C16H23N3O5S/c1-16-5-2-12(20)19(16)11(9-25-16)15(23)24-8-13(21)18-6-3-10(4-7-18)14(17)22/h10-11H,2-9H2,1H3,(H2,17,22)/t11-,16+/m1/s1. The first-order valence-electron chi connectivity index (χ1n) is 8.52. The quantitative estimate of drug-likeness (QED) is 0.682. The van der Waals surface area contributed by atoms with Gasteiger partial charge in [0.05, 0.1) is 4.87 Å². The van der Waals surface area contributed by atoms with Crippen LogP contribution in [-0.4, -0.2) is 69.9 Å². The summed E-state index contributed by atoms with van der Waals surface area (Å²) in [5.41, 5.74) is 5.28. The van der Waals surface area contributed by atoms with E-state index in [4.69, 9.17) is 10.5 Å². The lowest BCUT2D eigenvalue weighted by Crippen LogP contribution is -2.48. The Hall–Kier alpha value is -1.77. The number of carbonyl (C=O) groups excluding carboxylic acids is 4. The molecule has 0 aromatic rings.